The molecule has 0 fully saturated rings. The lowest BCUT2D eigenvalue weighted by Crippen LogP contribution is -2.33. The molecule has 5 nitrogen and oxygen atoms in total. The van der Waals surface area contributed by atoms with Gasteiger partial charge in [0.15, 0.2) is 5.84 Å². The monoisotopic (exact) mass is 768 g/mol. The lowest BCUT2D eigenvalue weighted by molar-refractivity contribution is 0.666. The van der Waals surface area contributed by atoms with Gasteiger partial charge in [-0.2, -0.15) is 0 Å². The molecule has 0 saturated heterocycles. The number of nitrogens with one attached hydrogen (secondary N) is 1. The zero-order valence-corrected chi connectivity index (χ0v) is 32.5. The molecule has 3 heterocycles. The van der Waals surface area contributed by atoms with E-state index < -0.39 is 6.17 Å². The summed E-state index contributed by atoms with van der Waals surface area (Å²) >= 11 is 0. The van der Waals surface area contributed by atoms with Crippen molar-refractivity contribution in [1.82, 2.24) is 9.88 Å². The van der Waals surface area contributed by atoms with Crippen LogP contribution in [0.3, 0.4) is 0 Å². The lowest BCUT2D eigenvalue weighted by Gasteiger charge is -2.24. The van der Waals surface area contributed by atoms with E-state index in [2.05, 4.69) is 192 Å². The number of furan rings is 1. The predicted molar refractivity (Wildman–Crippen MR) is 248 cm³/mol. The first-order valence-corrected chi connectivity index (χ1v) is 20.3. The van der Waals surface area contributed by atoms with E-state index in [4.69, 9.17) is 14.4 Å². The van der Waals surface area contributed by atoms with Crippen LogP contribution in [-0.4, -0.2) is 16.2 Å². The van der Waals surface area contributed by atoms with Gasteiger partial charge in [0.05, 0.1) is 22.1 Å². The van der Waals surface area contributed by atoms with E-state index in [1.807, 2.05) is 24.3 Å². The number of aromatic nitrogens is 1. The molecule has 0 bridgehead atoms. The van der Waals surface area contributed by atoms with Gasteiger partial charge in [0.1, 0.15) is 23.2 Å². The molecule has 1 aliphatic rings. The molecule has 0 saturated carbocycles. The van der Waals surface area contributed by atoms with Gasteiger partial charge in [-0.3, -0.25) is 0 Å². The number of benzene rings is 9. The van der Waals surface area contributed by atoms with Crippen LogP contribution >= 0.6 is 0 Å². The Balaban J connectivity index is 1.08. The first-order valence-electron chi connectivity index (χ1n) is 20.3. The molecule has 12 rings (SSSR count). The van der Waals surface area contributed by atoms with E-state index in [0.717, 1.165) is 77.9 Å². The smallest absolute Gasteiger partial charge is 0.159 e. The Hall–Kier alpha value is -8.02. The average molecular weight is 769 g/mol. The van der Waals surface area contributed by atoms with Crippen LogP contribution < -0.4 is 5.32 Å². The fourth-order valence-corrected chi connectivity index (χ4v) is 8.91. The number of amidine groups is 2. The normalized spacial score (nSPS) is 14.2. The van der Waals surface area contributed by atoms with Crippen LogP contribution in [0.5, 0.6) is 0 Å². The summed E-state index contributed by atoms with van der Waals surface area (Å²) in [5, 5.41) is 10.7. The van der Waals surface area contributed by atoms with Gasteiger partial charge in [-0.15, -0.1) is 0 Å². The molecule has 2 aromatic heterocycles. The minimum atomic E-state index is -0.396. The molecule has 0 spiro atoms. The van der Waals surface area contributed by atoms with E-state index in [1.165, 1.54) is 27.1 Å². The van der Waals surface area contributed by atoms with E-state index in [1.54, 1.807) is 0 Å². The Labute approximate surface area is 346 Å². The van der Waals surface area contributed by atoms with Gasteiger partial charge in [-0.25, -0.2) is 9.98 Å². The molecule has 0 amide bonds. The quantitative estimate of drug-likeness (QED) is 0.183. The summed E-state index contributed by atoms with van der Waals surface area (Å²) < 4.78 is 9.14. The minimum absolute atomic E-state index is 0.396. The number of rotatable bonds is 6. The third-order valence-corrected chi connectivity index (χ3v) is 11.8. The Morgan fingerprint density at radius 3 is 1.87 bits per heavy atom. The Morgan fingerprint density at radius 1 is 0.433 bits per heavy atom. The van der Waals surface area contributed by atoms with E-state index >= 15 is 0 Å². The number of nitrogens with zero attached hydrogens (tertiary/aromatic N) is 3. The van der Waals surface area contributed by atoms with E-state index in [0.29, 0.717) is 5.84 Å². The van der Waals surface area contributed by atoms with Crippen molar-refractivity contribution in [2.24, 2.45) is 9.98 Å². The summed E-state index contributed by atoms with van der Waals surface area (Å²) in [5.41, 5.74) is 12.4. The number of para-hydroxylation sites is 2. The largest absolute Gasteiger partial charge is 0.456 e. The van der Waals surface area contributed by atoms with Gasteiger partial charge in [0, 0.05) is 27.3 Å². The SMILES string of the molecule is c1ccc(-c2ccc(C3N=C(c4cccc(-c5ccccc5)c4)N=C(c4cc(-n5c6ccccc6c6cc7ccccc7cc65)c5c(c4)oc4ccccc45)N3)cc2)cc1. The molecule has 9 aromatic carbocycles. The fourth-order valence-electron chi connectivity index (χ4n) is 8.91. The molecular formula is C55H36N4O. The van der Waals surface area contributed by atoms with Gasteiger partial charge < -0.3 is 14.3 Å². The molecule has 5 heteroatoms. The molecule has 1 aliphatic heterocycles. The van der Waals surface area contributed by atoms with Crippen LogP contribution in [0.25, 0.3) is 82.5 Å². The van der Waals surface area contributed by atoms with Crippen molar-refractivity contribution in [3.05, 3.63) is 223 Å². The number of aliphatic imine (C=N–C) groups is 2. The molecule has 282 valence electrons. The first-order chi connectivity index (χ1) is 29.7. The van der Waals surface area contributed by atoms with Crippen LogP contribution in [0.4, 0.5) is 0 Å². The lowest BCUT2D eigenvalue weighted by atomic mass is 10.0. The van der Waals surface area contributed by atoms with Crippen molar-refractivity contribution in [2.45, 2.75) is 6.17 Å². The Morgan fingerprint density at radius 2 is 1.07 bits per heavy atom. The average Bonchev–Trinajstić information content (AvgIpc) is 3.86. The second-order valence-electron chi connectivity index (χ2n) is 15.4. The zero-order chi connectivity index (χ0) is 39.6. The van der Waals surface area contributed by atoms with Crippen LogP contribution in [0, 0.1) is 0 Å². The van der Waals surface area contributed by atoms with Gasteiger partial charge in [0.25, 0.3) is 0 Å². The first kappa shape index (κ1) is 34.1. The van der Waals surface area contributed by atoms with Gasteiger partial charge in [0.2, 0.25) is 0 Å². The summed E-state index contributed by atoms with van der Waals surface area (Å²) in [6.45, 7) is 0. The number of fused-ring (bicyclic) bond motifs is 7. The molecule has 60 heavy (non-hydrogen) atoms. The molecule has 1 N–H and O–H groups in total. The standard InChI is InChI=1S/C55H36N4O/c1-3-14-35(15-4-1)37-26-28-38(29-27-37)53-56-54(42-21-13-20-39(30-42)36-16-5-2-6-17-36)58-55(57-53)43-33-49(52-45-23-10-12-25-50(45)60-51(52)34-43)59-47-24-11-9-22-44(47)46-31-40-18-7-8-19-41(40)32-48(46)59/h1-34,53H,(H,56,57,58). The zero-order valence-electron chi connectivity index (χ0n) is 32.5. The maximum Gasteiger partial charge on any atom is 0.159 e. The topological polar surface area (TPSA) is 54.8 Å². The summed E-state index contributed by atoms with van der Waals surface area (Å²) in [5.74, 6) is 1.38. The highest BCUT2D eigenvalue weighted by atomic mass is 16.3. The summed E-state index contributed by atoms with van der Waals surface area (Å²) in [6.07, 6.45) is -0.396. The van der Waals surface area contributed by atoms with Crippen molar-refractivity contribution in [2.75, 3.05) is 0 Å². The fraction of sp³-hybridized carbons (Fsp3) is 0.0182. The molecule has 11 aromatic rings. The molecule has 0 aliphatic carbocycles. The minimum Gasteiger partial charge on any atom is -0.456 e. The maximum atomic E-state index is 6.73. The third-order valence-electron chi connectivity index (χ3n) is 11.8. The highest BCUT2D eigenvalue weighted by molar-refractivity contribution is 6.19. The van der Waals surface area contributed by atoms with Crippen molar-refractivity contribution in [1.29, 1.82) is 0 Å². The van der Waals surface area contributed by atoms with E-state index in [9.17, 15) is 0 Å². The second kappa shape index (κ2) is 13.8. The number of hydrogen-bond acceptors (Lipinski definition) is 4. The van der Waals surface area contributed by atoms with Crippen molar-refractivity contribution in [3.8, 4) is 27.9 Å². The van der Waals surface area contributed by atoms with Crippen LogP contribution in [0.15, 0.2) is 221 Å². The number of hydrogen-bond donors (Lipinski definition) is 1. The highest BCUT2D eigenvalue weighted by Crippen LogP contribution is 2.41. The predicted octanol–water partition coefficient (Wildman–Crippen LogP) is 13.7. The Kier molecular flexibility index (Phi) is 7.85. The summed E-state index contributed by atoms with van der Waals surface area (Å²) in [7, 11) is 0. The van der Waals surface area contributed by atoms with Crippen molar-refractivity contribution >= 4 is 66.2 Å². The molecule has 0 radical (unpaired) electrons. The second-order valence-corrected chi connectivity index (χ2v) is 15.4. The van der Waals surface area contributed by atoms with Crippen LogP contribution in [-0.2, 0) is 0 Å². The maximum absolute atomic E-state index is 6.73. The molecule has 1 unspecified atom stereocenters. The van der Waals surface area contributed by atoms with Crippen LogP contribution in [0.2, 0.25) is 0 Å². The summed E-state index contributed by atoms with van der Waals surface area (Å²) in [6, 6.07) is 72.8. The molecule has 1 atom stereocenters. The highest BCUT2D eigenvalue weighted by Gasteiger charge is 2.25. The van der Waals surface area contributed by atoms with Crippen molar-refractivity contribution in [3.63, 3.8) is 0 Å². The third kappa shape index (κ3) is 5.70. The van der Waals surface area contributed by atoms with Gasteiger partial charge in [-0.1, -0.05) is 164 Å². The van der Waals surface area contributed by atoms with Gasteiger partial charge >= 0.3 is 0 Å². The van der Waals surface area contributed by atoms with Gasteiger partial charge in [-0.05, 0) is 81.1 Å². The van der Waals surface area contributed by atoms with Crippen molar-refractivity contribution < 1.29 is 4.42 Å². The van der Waals surface area contributed by atoms with Crippen LogP contribution in [0.1, 0.15) is 22.9 Å². The summed E-state index contributed by atoms with van der Waals surface area (Å²) in [4.78, 5) is 10.7. The van der Waals surface area contributed by atoms with E-state index in [-0.39, 0.29) is 0 Å². The molecular weight excluding hydrogens is 733 g/mol. The Bertz CT molecular complexity index is 3510.